The van der Waals surface area contributed by atoms with E-state index in [2.05, 4.69) is 9.97 Å². The number of pyridine rings is 2. The van der Waals surface area contributed by atoms with E-state index in [1.165, 1.54) is 0 Å². The van der Waals surface area contributed by atoms with E-state index >= 15 is 0 Å². The van der Waals surface area contributed by atoms with Crippen LogP contribution in [0.15, 0.2) is 36.7 Å². The third kappa shape index (κ3) is 5.02. The second-order valence-corrected chi connectivity index (χ2v) is 7.95. The zero-order valence-corrected chi connectivity index (χ0v) is 19.0. The van der Waals surface area contributed by atoms with Gasteiger partial charge in [0.1, 0.15) is 11.6 Å². The molecule has 2 N–H and O–H groups in total. The summed E-state index contributed by atoms with van der Waals surface area (Å²) in [5, 5.41) is 1.24. The third-order valence-electron chi connectivity index (χ3n) is 4.48. The average Bonchev–Trinajstić information content (AvgIpc) is 2.81. The first-order valence-electron chi connectivity index (χ1n) is 9.17. The molecular formula is C18H8Cl2F12N4O2. The monoisotopic (exact) mass is 610 g/mol. The molecule has 2 rings (SSSR count). The molecule has 0 atom stereocenters. The second kappa shape index (κ2) is 9.94. The molecule has 20 heteroatoms. The molecule has 0 aromatic carbocycles. The normalized spacial score (nSPS) is 13.7. The smallest absolute Gasteiger partial charge is 0.305 e. The molecular weight excluding hydrogens is 603 g/mol. The fourth-order valence-electron chi connectivity index (χ4n) is 2.36. The molecule has 2 heterocycles. The minimum Gasteiger partial charge on any atom is -0.305 e. The summed E-state index contributed by atoms with van der Waals surface area (Å²) in [6.45, 7) is 0. The van der Waals surface area contributed by atoms with Crippen LogP contribution < -0.4 is 10.6 Å². The Labute approximate surface area is 212 Å². The lowest BCUT2D eigenvalue weighted by Gasteiger charge is -2.40. The van der Waals surface area contributed by atoms with Gasteiger partial charge in [0.15, 0.2) is 0 Å². The van der Waals surface area contributed by atoms with Crippen LogP contribution >= 0.6 is 23.2 Å². The molecule has 0 aliphatic heterocycles. The Morgan fingerprint density at radius 1 is 0.553 bits per heavy atom. The summed E-state index contributed by atoms with van der Waals surface area (Å²) < 4.78 is 168. The van der Waals surface area contributed by atoms with E-state index < -0.39 is 59.0 Å². The molecule has 0 saturated carbocycles. The highest BCUT2D eigenvalue weighted by atomic mass is 35.5. The number of anilines is 2. The number of aromatic nitrogens is 2. The molecule has 2 aromatic rings. The van der Waals surface area contributed by atoms with Crippen molar-refractivity contribution in [1.82, 2.24) is 9.97 Å². The van der Waals surface area contributed by atoms with Gasteiger partial charge in [-0.05, 0) is 24.3 Å². The number of rotatable bonds is 9. The standard InChI is InChI=1S/C18H8Cl2F12N4O2/c19-7-1-3-9(33-5-7)35-11(37)13(21,22)15(25,26)17(29,30)18(31,32)16(27,28)14(23,24)12(38)36-10-4-2-8(20)6-34-10/h1-6H,(H,33,35,37)(H,34,36,38). The van der Waals surface area contributed by atoms with E-state index in [4.69, 9.17) is 23.2 Å². The predicted octanol–water partition coefficient (Wildman–Crippen LogP) is 6.17. The van der Waals surface area contributed by atoms with Gasteiger partial charge in [-0.25, -0.2) is 9.97 Å². The number of alkyl halides is 12. The minimum absolute atomic E-state index is 0.203. The summed E-state index contributed by atoms with van der Waals surface area (Å²) in [5.74, 6) is -54.6. The van der Waals surface area contributed by atoms with Crippen molar-refractivity contribution in [2.45, 2.75) is 35.5 Å². The molecule has 6 nitrogen and oxygen atoms in total. The summed E-state index contributed by atoms with van der Waals surface area (Å²) in [6, 6.07) is 2.75. The fourth-order valence-corrected chi connectivity index (χ4v) is 2.59. The maximum atomic E-state index is 14.0. The minimum atomic E-state index is -8.08. The Morgan fingerprint density at radius 3 is 1.08 bits per heavy atom. The Hall–Kier alpha value is -3.02. The number of nitrogens with one attached hydrogen (secondary N) is 2. The number of carbonyl (C=O) groups is 2. The van der Waals surface area contributed by atoms with Crippen molar-refractivity contribution in [2.24, 2.45) is 0 Å². The molecule has 0 fully saturated rings. The van der Waals surface area contributed by atoms with Crippen molar-refractivity contribution in [1.29, 1.82) is 0 Å². The van der Waals surface area contributed by atoms with E-state index in [0.717, 1.165) is 22.8 Å². The van der Waals surface area contributed by atoms with Crippen LogP contribution in [0.3, 0.4) is 0 Å². The first kappa shape index (κ1) is 31.2. The van der Waals surface area contributed by atoms with Crippen LogP contribution in [0, 0.1) is 0 Å². The molecule has 2 amide bonds. The average molecular weight is 611 g/mol. The van der Waals surface area contributed by atoms with Gasteiger partial charge in [-0.15, -0.1) is 0 Å². The number of hydrogen-bond donors (Lipinski definition) is 2. The van der Waals surface area contributed by atoms with Gasteiger partial charge in [0, 0.05) is 12.4 Å². The molecule has 0 unspecified atom stereocenters. The second-order valence-electron chi connectivity index (χ2n) is 7.08. The summed E-state index contributed by atoms with van der Waals surface area (Å²) in [7, 11) is 0. The number of nitrogens with zero attached hydrogens (tertiary/aromatic N) is 2. The highest BCUT2D eigenvalue weighted by Gasteiger charge is 2.92. The zero-order valence-electron chi connectivity index (χ0n) is 17.5. The van der Waals surface area contributed by atoms with Gasteiger partial charge in [-0.1, -0.05) is 23.2 Å². The summed E-state index contributed by atoms with van der Waals surface area (Å²) in [6.07, 6.45) is 1.26. The fraction of sp³-hybridized carbons (Fsp3) is 0.333. The van der Waals surface area contributed by atoms with Gasteiger partial charge in [0.05, 0.1) is 10.0 Å². The zero-order chi connectivity index (χ0) is 29.5. The molecule has 0 bridgehead atoms. The Bertz CT molecular complexity index is 1100. The molecule has 210 valence electrons. The summed E-state index contributed by atoms with van der Waals surface area (Å²) in [5.41, 5.74) is 0. The molecule has 0 radical (unpaired) electrons. The highest BCUT2D eigenvalue weighted by molar-refractivity contribution is 6.30. The Kier molecular flexibility index (Phi) is 8.16. The quantitative estimate of drug-likeness (QED) is 0.333. The molecule has 0 aliphatic carbocycles. The van der Waals surface area contributed by atoms with Crippen molar-refractivity contribution in [3.63, 3.8) is 0 Å². The summed E-state index contributed by atoms with van der Waals surface area (Å²) in [4.78, 5) is 29.2. The van der Waals surface area contributed by atoms with Gasteiger partial charge in [-0.3, -0.25) is 9.59 Å². The van der Waals surface area contributed by atoms with Crippen LogP contribution in [0.1, 0.15) is 0 Å². The molecule has 0 saturated heterocycles. The first-order chi connectivity index (χ1) is 17.0. The predicted molar refractivity (Wildman–Crippen MR) is 105 cm³/mol. The van der Waals surface area contributed by atoms with Gasteiger partial charge in [-0.2, -0.15) is 52.7 Å². The molecule has 0 spiro atoms. The molecule has 38 heavy (non-hydrogen) atoms. The molecule has 2 aromatic heterocycles. The Balaban J connectivity index is 2.42. The van der Waals surface area contributed by atoms with Crippen LogP contribution in [-0.4, -0.2) is 57.3 Å². The topological polar surface area (TPSA) is 84.0 Å². The van der Waals surface area contributed by atoms with E-state index in [1.807, 2.05) is 0 Å². The maximum Gasteiger partial charge on any atom is 0.393 e. The number of hydrogen-bond acceptors (Lipinski definition) is 4. The lowest BCUT2D eigenvalue weighted by Crippen LogP contribution is -2.73. The maximum absolute atomic E-state index is 14.0. The van der Waals surface area contributed by atoms with E-state index in [0.29, 0.717) is 24.5 Å². The highest BCUT2D eigenvalue weighted by Crippen LogP contribution is 2.60. The van der Waals surface area contributed by atoms with Crippen LogP contribution in [0.4, 0.5) is 64.3 Å². The number of carbonyl (C=O) groups excluding carboxylic acids is 2. The van der Waals surface area contributed by atoms with Gasteiger partial charge in [0.25, 0.3) is 0 Å². The van der Waals surface area contributed by atoms with Gasteiger partial charge < -0.3 is 10.6 Å². The molecule has 0 aliphatic rings. The van der Waals surface area contributed by atoms with Crippen LogP contribution in [0.25, 0.3) is 0 Å². The lowest BCUT2D eigenvalue weighted by atomic mass is 9.90. The van der Waals surface area contributed by atoms with Crippen LogP contribution in [0.5, 0.6) is 0 Å². The van der Waals surface area contributed by atoms with E-state index in [1.54, 1.807) is 0 Å². The van der Waals surface area contributed by atoms with Crippen molar-refractivity contribution in [2.75, 3.05) is 10.6 Å². The Morgan fingerprint density at radius 2 is 0.842 bits per heavy atom. The number of amides is 2. The van der Waals surface area contributed by atoms with Crippen LogP contribution in [0.2, 0.25) is 10.0 Å². The van der Waals surface area contributed by atoms with Crippen LogP contribution in [-0.2, 0) is 9.59 Å². The van der Waals surface area contributed by atoms with Crippen molar-refractivity contribution in [3.8, 4) is 0 Å². The summed E-state index contributed by atoms with van der Waals surface area (Å²) >= 11 is 10.8. The van der Waals surface area contributed by atoms with E-state index in [-0.39, 0.29) is 10.0 Å². The SMILES string of the molecule is O=C(Nc1ccc(Cl)cn1)C(F)(F)C(F)(F)C(F)(F)C(F)(F)C(F)(F)C(F)(F)C(=O)Nc1ccc(Cl)cn1. The van der Waals surface area contributed by atoms with Gasteiger partial charge >= 0.3 is 47.3 Å². The third-order valence-corrected chi connectivity index (χ3v) is 4.93. The number of halogens is 14. The van der Waals surface area contributed by atoms with Crippen molar-refractivity contribution in [3.05, 3.63) is 46.7 Å². The van der Waals surface area contributed by atoms with Crippen molar-refractivity contribution >= 4 is 46.7 Å². The largest absolute Gasteiger partial charge is 0.393 e. The van der Waals surface area contributed by atoms with Crippen molar-refractivity contribution < 1.29 is 62.3 Å². The first-order valence-corrected chi connectivity index (χ1v) is 9.92. The van der Waals surface area contributed by atoms with Gasteiger partial charge in [0.2, 0.25) is 0 Å². The lowest BCUT2D eigenvalue weighted by molar-refractivity contribution is -0.414. The van der Waals surface area contributed by atoms with E-state index in [9.17, 15) is 62.3 Å².